The molecule has 2 N–H and O–H groups in total. The molecule has 1 saturated heterocycles. The van der Waals surface area contributed by atoms with Gasteiger partial charge in [0.2, 0.25) is 0 Å². The predicted octanol–water partition coefficient (Wildman–Crippen LogP) is 2.65. The Balaban J connectivity index is 1.77. The lowest BCUT2D eigenvalue weighted by Crippen LogP contribution is -2.15. The third kappa shape index (κ3) is 3.42. The van der Waals surface area contributed by atoms with Crippen molar-refractivity contribution in [3.05, 3.63) is 11.8 Å². The molecule has 0 aromatic carbocycles. The summed E-state index contributed by atoms with van der Waals surface area (Å²) in [7, 11) is -2.90. The zero-order valence-corrected chi connectivity index (χ0v) is 13.3. The summed E-state index contributed by atoms with van der Waals surface area (Å²) in [6, 6.07) is 1.90. The minimum absolute atomic E-state index is 0.0719. The molecule has 3 rings (SSSR count). The maximum absolute atomic E-state index is 11.6. The van der Waals surface area contributed by atoms with E-state index in [2.05, 4.69) is 5.10 Å². The Labute approximate surface area is 126 Å². The number of hydrogen-bond donors (Lipinski definition) is 1. The number of sulfone groups is 1. The van der Waals surface area contributed by atoms with Crippen LogP contribution in [-0.4, -0.2) is 29.7 Å². The average Bonchev–Trinajstić information content (AvgIpc) is 2.92. The number of nitrogens with zero attached hydrogens (tertiary/aromatic N) is 2. The van der Waals surface area contributed by atoms with Gasteiger partial charge in [-0.1, -0.05) is 32.1 Å². The number of hydrogen-bond acceptors (Lipinski definition) is 4. The molecule has 1 aliphatic heterocycles. The van der Waals surface area contributed by atoms with Crippen molar-refractivity contribution in [1.29, 1.82) is 0 Å². The van der Waals surface area contributed by atoms with Gasteiger partial charge in [-0.25, -0.2) is 13.1 Å². The third-order valence-corrected chi connectivity index (χ3v) is 6.61. The smallest absolute Gasteiger partial charge is 0.152 e. The lowest BCUT2D eigenvalue weighted by atomic mass is 9.89. The van der Waals surface area contributed by atoms with Crippen molar-refractivity contribution in [2.75, 3.05) is 17.2 Å². The van der Waals surface area contributed by atoms with Crippen LogP contribution in [0.3, 0.4) is 0 Å². The molecule has 1 unspecified atom stereocenters. The lowest BCUT2D eigenvalue weighted by molar-refractivity contribution is 0.437. The van der Waals surface area contributed by atoms with Crippen LogP contribution in [0.1, 0.15) is 69.0 Å². The zero-order valence-electron chi connectivity index (χ0n) is 12.5. The van der Waals surface area contributed by atoms with Gasteiger partial charge in [-0.05, 0) is 19.3 Å². The maximum atomic E-state index is 11.6. The molecule has 2 heterocycles. The van der Waals surface area contributed by atoms with Gasteiger partial charge in [-0.15, -0.1) is 0 Å². The van der Waals surface area contributed by atoms with Crippen LogP contribution in [0.15, 0.2) is 6.07 Å². The first-order valence-electron chi connectivity index (χ1n) is 8.10. The molecule has 1 aliphatic carbocycles. The third-order valence-electron chi connectivity index (χ3n) is 4.86. The largest absolute Gasteiger partial charge is 0.384 e. The van der Waals surface area contributed by atoms with E-state index in [0.717, 1.165) is 5.69 Å². The highest BCUT2D eigenvalue weighted by molar-refractivity contribution is 7.91. The molecule has 118 valence electrons. The van der Waals surface area contributed by atoms with Crippen molar-refractivity contribution in [3.63, 3.8) is 0 Å². The van der Waals surface area contributed by atoms with Crippen LogP contribution >= 0.6 is 0 Å². The minimum atomic E-state index is -2.90. The van der Waals surface area contributed by atoms with Crippen molar-refractivity contribution >= 4 is 15.7 Å². The first kappa shape index (κ1) is 14.9. The van der Waals surface area contributed by atoms with E-state index in [4.69, 9.17) is 5.73 Å². The summed E-state index contributed by atoms with van der Waals surface area (Å²) in [6.07, 6.45) is 9.49. The SMILES string of the molecule is Nc1cc(C2CCCCCCC2)nn1C1CCS(=O)(=O)C1. The van der Waals surface area contributed by atoms with Crippen molar-refractivity contribution in [2.24, 2.45) is 0 Å². The Bertz CT molecular complexity index is 586. The Hall–Kier alpha value is -1.04. The lowest BCUT2D eigenvalue weighted by Gasteiger charge is -2.17. The standard InChI is InChI=1S/C15H25N3O2S/c16-15-10-14(12-6-4-2-1-3-5-7-12)17-18(15)13-8-9-21(19,20)11-13/h10,12-13H,1-9,11,16H2. The Morgan fingerprint density at radius 2 is 1.76 bits per heavy atom. The number of aromatic nitrogens is 2. The second-order valence-corrected chi connectivity index (χ2v) is 8.77. The first-order chi connectivity index (χ1) is 10.1. The van der Waals surface area contributed by atoms with Gasteiger partial charge in [0.25, 0.3) is 0 Å². The zero-order chi connectivity index (χ0) is 14.9. The van der Waals surface area contributed by atoms with E-state index in [1.807, 2.05) is 6.07 Å². The molecule has 5 nitrogen and oxygen atoms in total. The molecule has 1 atom stereocenters. The molecule has 0 radical (unpaired) electrons. The van der Waals surface area contributed by atoms with Gasteiger partial charge in [-0.3, -0.25) is 0 Å². The molecule has 0 amide bonds. The predicted molar refractivity (Wildman–Crippen MR) is 84.0 cm³/mol. The molecule has 6 heteroatoms. The second kappa shape index (κ2) is 5.99. The van der Waals surface area contributed by atoms with Crippen LogP contribution < -0.4 is 5.73 Å². The van der Waals surface area contributed by atoms with Gasteiger partial charge in [-0.2, -0.15) is 5.10 Å². The quantitative estimate of drug-likeness (QED) is 0.910. The average molecular weight is 311 g/mol. The van der Waals surface area contributed by atoms with Crippen LogP contribution in [0.25, 0.3) is 0 Å². The molecule has 2 fully saturated rings. The monoisotopic (exact) mass is 311 g/mol. The van der Waals surface area contributed by atoms with Crippen LogP contribution in [0.2, 0.25) is 0 Å². The fourth-order valence-corrected chi connectivity index (χ4v) is 5.33. The molecular formula is C15H25N3O2S. The van der Waals surface area contributed by atoms with Crippen LogP contribution in [0.4, 0.5) is 5.82 Å². The Morgan fingerprint density at radius 3 is 2.38 bits per heavy atom. The molecule has 1 saturated carbocycles. The highest BCUT2D eigenvalue weighted by atomic mass is 32.2. The summed E-state index contributed by atoms with van der Waals surface area (Å²) >= 11 is 0. The van der Waals surface area contributed by atoms with E-state index in [-0.39, 0.29) is 17.5 Å². The van der Waals surface area contributed by atoms with Gasteiger partial charge >= 0.3 is 0 Å². The molecule has 2 aliphatic rings. The van der Waals surface area contributed by atoms with E-state index < -0.39 is 9.84 Å². The molecule has 0 spiro atoms. The highest BCUT2D eigenvalue weighted by Crippen LogP contribution is 2.33. The summed E-state index contributed by atoms with van der Waals surface area (Å²) < 4.78 is 25.0. The van der Waals surface area contributed by atoms with E-state index in [0.29, 0.717) is 18.2 Å². The van der Waals surface area contributed by atoms with E-state index >= 15 is 0 Å². The number of nitrogens with two attached hydrogens (primary N) is 1. The highest BCUT2D eigenvalue weighted by Gasteiger charge is 2.31. The normalized spacial score (nSPS) is 27.3. The summed E-state index contributed by atoms with van der Waals surface area (Å²) in [4.78, 5) is 0. The van der Waals surface area contributed by atoms with Crippen molar-refractivity contribution in [1.82, 2.24) is 9.78 Å². The summed E-state index contributed by atoms with van der Waals surface area (Å²) in [5.74, 6) is 1.56. The van der Waals surface area contributed by atoms with Gasteiger partial charge < -0.3 is 5.73 Å². The van der Waals surface area contributed by atoms with E-state index in [1.165, 1.54) is 44.9 Å². The van der Waals surface area contributed by atoms with E-state index in [1.54, 1.807) is 4.68 Å². The number of nitrogen functional groups attached to an aromatic ring is 1. The Morgan fingerprint density at radius 1 is 1.10 bits per heavy atom. The van der Waals surface area contributed by atoms with Crippen molar-refractivity contribution < 1.29 is 8.42 Å². The van der Waals surface area contributed by atoms with E-state index in [9.17, 15) is 8.42 Å². The molecular weight excluding hydrogens is 286 g/mol. The van der Waals surface area contributed by atoms with Crippen LogP contribution in [-0.2, 0) is 9.84 Å². The van der Waals surface area contributed by atoms with Gasteiger partial charge in [0.15, 0.2) is 9.84 Å². The van der Waals surface area contributed by atoms with Crippen LogP contribution in [0.5, 0.6) is 0 Å². The number of rotatable bonds is 2. The fourth-order valence-electron chi connectivity index (χ4n) is 3.64. The van der Waals surface area contributed by atoms with Gasteiger partial charge in [0, 0.05) is 12.0 Å². The van der Waals surface area contributed by atoms with Crippen molar-refractivity contribution in [2.45, 2.75) is 63.3 Å². The molecule has 0 bridgehead atoms. The van der Waals surface area contributed by atoms with Crippen LogP contribution in [0, 0.1) is 0 Å². The van der Waals surface area contributed by atoms with Gasteiger partial charge in [0.05, 0.1) is 23.2 Å². The number of anilines is 1. The summed E-state index contributed by atoms with van der Waals surface area (Å²) in [5, 5.41) is 4.68. The summed E-state index contributed by atoms with van der Waals surface area (Å²) in [6.45, 7) is 0. The molecule has 1 aromatic rings. The topological polar surface area (TPSA) is 78.0 Å². The summed E-state index contributed by atoms with van der Waals surface area (Å²) in [5.41, 5.74) is 7.16. The fraction of sp³-hybridized carbons (Fsp3) is 0.800. The second-order valence-electron chi connectivity index (χ2n) is 6.54. The molecule has 21 heavy (non-hydrogen) atoms. The maximum Gasteiger partial charge on any atom is 0.152 e. The Kier molecular flexibility index (Phi) is 4.24. The van der Waals surface area contributed by atoms with Crippen molar-refractivity contribution in [3.8, 4) is 0 Å². The first-order valence-corrected chi connectivity index (χ1v) is 9.93. The molecule has 1 aromatic heterocycles. The minimum Gasteiger partial charge on any atom is -0.384 e. The van der Waals surface area contributed by atoms with Gasteiger partial charge in [0.1, 0.15) is 5.82 Å².